The third-order valence-corrected chi connectivity index (χ3v) is 5.94. The predicted octanol–water partition coefficient (Wildman–Crippen LogP) is 4.08. The average Bonchev–Trinajstić information content (AvgIpc) is 3.05. The molecule has 0 aromatic heterocycles. The Hall–Kier alpha value is -3.23. The van der Waals surface area contributed by atoms with E-state index in [9.17, 15) is 14.4 Å². The van der Waals surface area contributed by atoms with Gasteiger partial charge in [-0.2, -0.15) is 0 Å². The van der Waals surface area contributed by atoms with E-state index < -0.39 is 0 Å². The molecule has 2 aromatic rings. The molecule has 1 heterocycles. The standard InChI is InChI=1S/C24H23N3O3S2/c1-17(15-18-9-4-2-5-10-18)16-20-23(30)27(24(31)32-20)14-8-13-21(28)25-26-22(29)19-11-6-3-7-12-19/h2-7,9-12,15-16H,8,13-14H2,1H3,(H,25,28)(H,26,29). The molecule has 1 fully saturated rings. The molecular weight excluding hydrogens is 442 g/mol. The van der Waals surface area contributed by atoms with Crippen molar-refractivity contribution in [2.24, 2.45) is 0 Å². The number of allylic oxidation sites excluding steroid dienone is 2. The van der Waals surface area contributed by atoms with Crippen LogP contribution in [0, 0.1) is 0 Å². The van der Waals surface area contributed by atoms with Crippen LogP contribution in [0.3, 0.4) is 0 Å². The molecule has 1 aliphatic heterocycles. The van der Waals surface area contributed by atoms with Gasteiger partial charge >= 0.3 is 0 Å². The minimum absolute atomic E-state index is 0.151. The molecule has 0 atom stereocenters. The number of amides is 3. The number of thiocarbonyl (C=S) groups is 1. The minimum atomic E-state index is -0.389. The van der Waals surface area contributed by atoms with Crippen molar-refractivity contribution in [1.82, 2.24) is 15.8 Å². The second-order valence-electron chi connectivity index (χ2n) is 7.10. The van der Waals surface area contributed by atoms with Gasteiger partial charge in [0, 0.05) is 18.5 Å². The van der Waals surface area contributed by atoms with E-state index in [0.29, 0.717) is 27.8 Å². The van der Waals surface area contributed by atoms with Crippen LogP contribution in [-0.2, 0) is 9.59 Å². The fourth-order valence-electron chi connectivity index (χ4n) is 3.00. The molecule has 8 heteroatoms. The van der Waals surface area contributed by atoms with Crippen LogP contribution in [0.15, 0.2) is 77.2 Å². The van der Waals surface area contributed by atoms with Gasteiger partial charge in [0.1, 0.15) is 4.32 Å². The van der Waals surface area contributed by atoms with Crippen molar-refractivity contribution in [2.75, 3.05) is 6.54 Å². The first-order chi connectivity index (χ1) is 15.4. The van der Waals surface area contributed by atoms with E-state index in [1.54, 1.807) is 30.3 Å². The number of hydrogen-bond acceptors (Lipinski definition) is 5. The molecule has 2 N–H and O–H groups in total. The Morgan fingerprint density at radius 3 is 2.38 bits per heavy atom. The maximum absolute atomic E-state index is 12.7. The first-order valence-corrected chi connectivity index (χ1v) is 11.3. The quantitative estimate of drug-likeness (QED) is 0.366. The number of nitrogens with one attached hydrogen (secondary N) is 2. The predicted molar refractivity (Wildman–Crippen MR) is 131 cm³/mol. The number of hydrogen-bond donors (Lipinski definition) is 2. The molecule has 3 rings (SSSR count). The van der Waals surface area contributed by atoms with Crippen molar-refractivity contribution in [3.63, 3.8) is 0 Å². The van der Waals surface area contributed by atoms with Gasteiger partial charge in [0.15, 0.2) is 0 Å². The van der Waals surface area contributed by atoms with E-state index in [-0.39, 0.29) is 24.1 Å². The lowest BCUT2D eigenvalue weighted by Crippen LogP contribution is -2.41. The van der Waals surface area contributed by atoms with Crippen LogP contribution < -0.4 is 10.9 Å². The molecule has 1 aliphatic rings. The highest BCUT2D eigenvalue weighted by molar-refractivity contribution is 8.26. The van der Waals surface area contributed by atoms with Crippen LogP contribution in [0.1, 0.15) is 35.7 Å². The molecule has 1 saturated heterocycles. The molecule has 0 spiro atoms. The van der Waals surface area contributed by atoms with E-state index in [1.165, 1.54) is 16.7 Å². The summed E-state index contributed by atoms with van der Waals surface area (Å²) >= 11 is 6.61. The van der Waals surface area contributed by atoms with Crippen molar-refractivity contribution in [3.8, 4) is 0 Å². The van der Waals surface area contributed by atoms with Crippen LogP contribution in [0.5, 0.6) is 0 Å². The van der Waals surface area contributed by atoms with Gasteiger partial charge in [-0.1, -0.05) is 78.6 Å². The van der Waals surface area contributed by atoms with Crippen molar-refractivity contribution in [2.45, 2.75) is 19.8 Å². The monoisotopic (exact) mass is 465 g/mol. The van der Waals surface area contributed by atoms with Crippen LogP contribution in [-0.4, -0.2) is 33.5 Å². The number of hydrazine groups is 1. The number of carbonyl (C=O) groups is 3. The summed E-state index contributed by atoms with van der Waals surface area (Å²) in [6.45, 7) is 2.27. The number of nitrogens with zero attached hydrogens (tertiary/aromatic N) is 1. The summed E-state index contributed by atoms with van der Waals surface area (Å²) in [4.78, 5) is 38.8. The summed E-state index contributed by atoms with van der Waals surface area (Å²) < 4.78 is 0.478. The molecule has 2 aromatic carbocycles. The summed E-state index contributed by atoms with van der Waals surface area (Å²) in [7, 11) is 0. The molecule has 0 bridgehead atoms. The van der Waals surface area contributed by atoms with Gasteiger partial charge in [-0.25, -0.2) is 0 Å². The third kappa shape index (κ3) is 6.63. The van der Waals surface area contributed by atoms with E-state index >= 15 is 0 Å². The smallest absolute Gasteiger partial charge is 0.269 e. The van der Waals surface area contributed by atoms with Crippen molar-refractivity contribution >= 4 is 52.1 Å². The molecule has 32 heavy (non-hydrogen) atoms. The van der Waals surface area contributed by atoms with Gasteiger partial charge < -0.3 is 0 Å². The number of rotatable bonds is 7. The van der Waals surface area contributed by atoms with E-state index in [2.05, 4.69) is 10.9 Å². The van der Waals surface area contributed by atoms with Crippen LogP contribution in [0.4, 0.5) is 0 Å². The second-order valence-corrected chi connectivity index (χ2v) is 8.78. The summed E-state index contributed by atoms with van der Waals surface area (Å²) in [5, 5.41) is 0. The molecule has 3 amide bonds. The number of benzene rings is 2. The fourth-order valence-corrected chi connectivity index (χ4v) is 4.36. The van der Waals surface area contributed by atoms with Gasteiger partial charge in [0.05, 0.1) is 4.91 Å². The SMILES string of the molecule is CC(=Cc1ccccc1)C=C1SC(=S)N(CCCC(=O)NNC(=O)c2ccccc2)C1=O. The maximum atomic E-state index is 12.7. The van der Waals surface area contributed by atoms with Crippen LogP contribution >= 0.6 is 24.0 Å². The Labute approximate surface area is 196 Å². The highest BCUT2D eigenvalue weighted by Gasteiger charge is 2.31. The summed E-state index contributed by atoms with van der Waals surface area (Å²) in [5.74, 6) is -0.879. The van der Waals surface area contributed by atoms with E-state index in [0.717, 1.165) is 11.1 Å². The van der Waals surface area contributed by atoms with Gasteiger partial charge in [-0.3, -0.25) is 30.1 Å². The lowest BCUT2D eigenvalue weighted by molar-refractivity contribution is -0.124. The molecular formula is C24H23N3O3S2. The zero-order chi connectivity index (χ0) is 22.9. The van der Waals surface area contributed by atoms with Gasteiger partial charge in [-0.15, -0.1) is 0 Å². The normalized spacial score (nSPS) is 15.2. The Morgan fingerprint density at radius 2 is 1.69 bits per heavy atom. The first-order valence-electron chi connectivity index (χ1n) is 10.1. The van der Waals surface area contributed by atoms with Crippen molar-refractivity contribution < 1.29 is 14.4 Å². The Bertz CT molecular complexity index is 1070. The topological polar surface area (TPSA) is 78.5 Å². The molecule has 0 saturated carbocycles. The largest absolute Gasteiger partial charge is 0.293 e. The molecule has 0 aliphatic carbocycles. The van der Waals surface area contributed by atoms with Crippen LogP contribution in [0.2, 0.25) is 0 Å². The Morgan fingerprint density at radius 1 is 1.03 bits per heavy atom. The first kappa shape index (κ1) is 23.4. The Balaban J connectivity index is 1.46. The lowest BCUT2D eigenvalue weighted by Gasteiger charge is -2.14. The lowest BCUT2D eigenvalue weighted by atomic mass is 10.1. The van der Waals surface area contributed by atoms with Gasteiger partial charge in [0.2, 0.25) is 5.91 Å². The number of carbonyl (C=O) groups excluding carboxylic acids is 3. The zero-order valence-corrected chi connectivity index (χ0v) is 19.2. The van der Waals surface area contributed by atoms with Gasteiger partial charge in [-0.05, 0) is 42.7 Å². The molecule has 6 nitrogen and oxygen atoms in total. The average molecular weight is 466 g/mol. The van der Waals surface area contributed by atoms with Crippen LogP contribution in [0.25, 0.3) is 6.08 Å². The zero-order valence-electron chi connectivity index (χ0n) is 17.5. The molecule has 0 radical (unpaired) electrons. The highest BCUT2D eigenvalue weighted by atomic mass is 32.2. The second kappa shape index (κ2) is 11.4. The van der Waals surface area contributed by atoms with Crippen molar-refractivity contribution in [1.29, 1.82) is 0 Å². The fraction of sp³-hybridized carbons (Fsp3) is 0.167. The third-order valence-electron chi connectivity index (χ3n) is 4.56. The maximum Gasteiger partial charge on any atom is 0.269 e. The minimum Gasteiger partial charge on any atom is -0.293 e. The Kier molecular flexibility index (Phi) is 8.35. The molecule has 164 valence electrons. The van der Waals surface area contributed by atoms with Gasteiger partial charge in [0.25, 0.3) is 11.8 Å². The van der Waals surface area contributed by atoms with E-state index in [4.69, 9.17) is 12.2 Å². The molecule has 0 unspecified atom stereocenters. The number of thioether (sulfide) groups is 1. The highest BCUT2D eigenvalue weighted by Crippen LogP contribution is 2.32. The van der Waals surface area contributed by atoms with Crippen molar-refractivity contribution in [3.05, 3.63) is 88.3 Å². The van der Waals surface area contributed by atoms with E-state index in [1.807, 2.05) is 49.4 Å². The summed E-state index contributed by atoms with van der Waals surface area (Å²) in [6, 6.07) is 18.5. The summed E-state index contributed by atoms with van der Waals surface area (Å²) in [6.07, 6.45) is 4.41. The summed E-state index contributed by atoms with van der Waals surface area (Å²) in [5.41, 5.74) is 7.23.